The third kappa shape index (κ3) is 5.53. The van der Waals surface area contributed by atoms with Gasteiger partial charge in [0.15, 0.2) is 0 Å². The summed E-state index contributed by atoms with van der Waals surface area (Å²) in [5.41, 5.74) is 4.86. The molecule has 0 spiro atoms. The lowest BCUT2D eigenvalue weighted by Gasteiger charge is -2.27. The van der Waals surface area contributed by atoms with Gasteiger partial charge in [-0.15, -0.1) is 0 Å². The summed E-state index contributed by atoms with van der Waals surface area (Å²) in [6.45, 7) is 14.1. The van der Waals surface area contributed by atoms with Gasteiger partial charge >= 0.3 is 0 Å². The Morgan fingerprint density at radius 2 is 1.18 bits per heavy atom. The molecule has 0 saturated heterocycles. The molecule has 0 saturated carbocycles. The Bertz CT molecular complexity index is 1470. The molecule has 5 rings (SSSR count). The summed E-state index contributed by atoms with van der Waals surface area (Å²) in [4.78, 5) is 5.20. The lowest BCUT2D eigenvalue weighted by atomic mass is 9.79. The van der Waals surface area contributed by atoms with Crippen molar-refractivity contribution in [1.82, 2.24) is 0 Å². The standard InChI is InChI=1S/C35H38NOPS/c1-34(2,3)26-21-25(22-27(23-26)35(4,5)6)33-36-31(24-37-33)30-19-13-14-20-32(30)38(39,28-15-9-7-10-16-28)29-17-11-8-12-18-29/h7-23,31H,24H2,1-6H3/t31-/m0/s1. The summed E-state index contributed by atoms with van der Waals surface area (Å²) >= 11 is 6.69. The van der Waals surface area contributed by atoms with E-state index in [9.17, 15) is 0 Å². The highest BCUT2D eigenvalue weighted by molar-refractivity contribution is 8.25. The lowest BCUT2D eigenvalue weighted by molar-refractivity contribution is 0.320. The van der Waals surface area contributed by atoms with Crippen LogP contribution in [-0.4, -0.2) is 12.5 Å². The van der Waals surface area contributed by atoms with Gasteiger partial charge in [-0.1, -0.05) is 144 Å². The second kappa shape index (κ2) is 10.5. The first-order chi connectivity index (χ1) is 18.5. The molecular weight excluding hydrogens is 513 g/mol. The van der Waals surface area contributed by atoms with Crippen molar-refractivity contribution in [2.45, 2.75) is 58.4 Å². The fourth-order valence-electron chi connectivity index (χ4n) is 5.07. The zero-order valence-electron chi connectivity index (χ0n) is 23.8. The van der Waals surface area contributed by atoms with E-state index in [-0.39, 0.29) is 16.9 Å². The molecule has 0 N–H and O–H groups in total. The molecule has 1 aliphatic rings. The molecule has 200 valence electrons. The van der Waals surface area contributed by atoms with Crippen LogP contribution in [0, 0.1) is 0 Å². The van der Waals surface area contributed by atoms with Gasteiger partial charge in [0, 0.05) is 11.6 Å². The molecule has 0 bridgehead atoms. The number of benzene rings is 4. The van der Waals surface area contributed by atoms with Crippen molar-refractivity contribution < 1.29 is 4.74 Å². The molecule has 4 aromatic carbocycles. The molecule has 0 amide bonds. The Morgan fingerprint density at radius 3 is 1.69 bits per heavy atom. The second-order valence-electron chi connectivity index (χ2n) is 12.4. The molecule has 4 aromatic rings. The first-order valence-corrected chi connectivity index (χ1v) is 16.5. The quantitative estimate of drug-likeness (QED) is 0.239. The SMILES string of the molecule is CC(C)(C)c1cc(C2=N[C@H](c3ccccc3P(=S)(c3ccccc3)c3ccccc3)CO2)cc(C(C)(C)C)c1. The van der Waals surface area contributed by atoms with E-state index < -0.39 is 6.04 Å². The number of aliphatic imine (C=N–C) groups is 1. The van der Waals surface area contributed by atoms with E-state index >= 15 is 0 Å². The minimum absolute atomic E-state index is 0.0267. The average molecular weight is 552 g/mol. The molecule has 0 aromatic heterocycles. The number of hydrogen-bond acceptors (Lipinski definition) is 3. The van der Waals surface area contributed by atoms with E-state index in [1.54, 1.807) is 0 Å². The molecule has 1 atom stereocenters. The zero-order valence-corrected chi connectivity index (χ0v) is 25.5. The second-order valence-corrected chi connectivity index (χ2v) is 16.8. The van der Waals surface area contributed by atoms with Crippen molar-refractivity contribution in [3.8, 4) is 0 Å². The third-order valence-corrected chi connectivity index (χ3v) is 12.4. The Hall–Kier alpha value is -3.00. The van der Waals surface area contributed by atoms with Gasteiger partial charge in [0.05, 0.1) is 0 Å². The number of rotatable bonds is 5. The van der Waals surface area contributed by atoms with Crippen LogP contribution in [0.4, 0.5) is 0 Å². The molecule has 0 radical (unpaired) electrons. The Morgan fingerprint density at radius 1 is 0.692 bits per heavy atom. The van der Waals surface area contributed by atoms with Crippen LogP contribution in [0.15, 0.2) is 108 Å². The van der Waals surface area contributed by atoms with Crippen LogP contribution in [0.25, 0.3) is 0 Å². The highest BCUT2D eigenvalue weighted by atomic mass is 32.4. The van der Waals surface area contributed by atoms with E-state index in [0.717, 1.165) is 17.0 Å². The number of hydrogen-bond donors (Lipinski definition) is 0. The predicted octanol–water partition coefficient (Wildman–Crippen LogP) is 7.56. The van der Waals surface area contributed by atoms with Gasteiger partial charge in [0.1, 0.15) is 12.6 Å². The average Bonchev–Trinajstić information content (AvgIpc) is 3.43. The minimum Gasteiger partial charge on any atom is -0.475 e. The summed E-state index contributed by atoms with van der Waals surface area (Å²) in [6, 6.07) is 34.2. The van der Waals surface area contributed by atoms with Crippen molar-refractivity contribution in [2.75, 3.05) is 6.61 Å². The molecule has 0 aliphatic carbocycles. The molecule has 1 heterocycles. The van der Waals surface area contributed by atoms with Gasteiger partial charge < -0.3 is 4.74 Å². The molecule has 39 heavy (non-hydrogen) atoms. The lowest BCUT2D eigenvalue weighted by Crippen LogP contribution is -2.28. The van der Waals surface area contributed by atoms with Crippen molar-refractivity contribution in [2.24, 2.45) is 4.99 Å². The molecule has 0 fully saturated rings. The first-order valence-electron chi connectivity index (χ1n) is 13.7. The van der Waals surface area contributed by atoms with Crippen molar-refractivity contribution in [1.29, 1.82) is 0 Å². The van der Waals surface area contributed by atoms with E-state index in [1.165, 1.54) is 27.0 Å². The predicted molar refractivity (Wildman–Crippen MR) is 172 cm³/mol. The smallest absolute Gasteiger partial charge is 0.216 e. The maximum absolute atomic E-state index is 6.69. The molecule has 0 unspecified atom stereocenters. The Balaban J connectivity index is 1.63. The number of nitrogens with zero attached hydrogens (tertiary/aromatic N) is 1. The van der Waals surface area contributed by atoms with Crippen molar-refractivity contribution >= 4 is 39.7 Å². The fraction of sp³-hybridized carbons (Fsp3) is 0.286. The van der Waals surface area contributed by atoms with Crippen LogP contribution in [-0.2, 0) is 27.4 Å². The van der Waals surface area contributed by atoms with E-state index in [4.69, 9.17) is 21.5 Å². The largest absolute Gasteiger partial charge is 0.475 e. The summed E-state index contributed by atoms with van der Waals surface area (Å²) < 4.78 is 6.35. The third-order valence-electron chi connectivity index (χ3n) is 7.44. The first kappa shape index (κ1) is 27.6. The highest BCUT2D eigenvalue weighted by Crippen LogP contribution is 2.45. The highest BCUT2D eigenvalue weighted by Gasteiger charge is 2.32. The molecule has 4 heteroatoms. The van der Waals surface area contributed by atoms with Crippen LogP contribution < -0.4 is 15.9 Å². The summed E-state index contributed by atoms with van der Waals surface area (Å²) in [6.07, 6.45) is 0. The van der Waals surface area contributed by atoms with Gasteiger partial charge in [-0.05, 0) is 55.6 Å². The summed E-state index contributed by atoms with van der Waals surface area (Å²) in [7, 11) is 0. The monoisotopic (exact) mass is 551 g/mol. The van der Waals surface area contributed by atoms with Crippen molar-refractivity contribution in [3.05, 3.63) is 125 Å². The van der Waals surface area contributed by atoms with Gasteiger partial charge in [-0.25, -0.2) is 4.99 Å². The molecular formula is C35H38NOPS. The van der Waals surface area contributed by atoms with E-state index in [2.05, 4.69) is 145 Å². The van der Waals surface area contributed by atoms with Crippen LogP contribution in [0.3, 0.4) is 0 Å². The topological polar surface area (TPSA) is 21.6 Å². The minimum atomic E-state index is -2.31. The maximum Gasteiger partial charge on any atom is 0.216 e. The van der Waals surface area contributed by atoms with Crippen LogP contribution in [0.2, 0.25) is 0 Å². The zero-order chi connectivity index (χ0) is 27.8. The van der Waals surface area contributed by atoms with Crippen LogP contribution >= 0.6 is 6.04 Å². The fourth-order valence-corrected chi connectivity index (χ4v) is 9.22. The van der Waals surface area contributed by atoms with Crippen LogP contribution in [0.5, 0.6) is 0 Å². The summed E-state index contributed by atoms with van der Waals surface area (Å²) in [5.74, 6) is 0.721. The Kier molecular flexibility index (Phi) is 7.44. The van der Waals surface area contributed by atoms with Gasteiger partial charge in [0.25, 0.3) is 0 Å². The van der Waals surface area contributed by atoms with Gasteiger partial charge in [0.2, 0.25) is 5.90 Å². The normalized spacial score (nSPS) is 16.1. The number of ether oxygens (including phenoxy) is 1. The van der Waals surface area contributed by atoms with Crippen molar-refractivity contribution in [3.63, 3.8) is 0 Å². The Labute approximate surface area is 239 Å². The molecule has 1 aliphatic heterocycles. The van der Waals surface area contributed by atoms with Gasteiger partial charge in [-0.2, -0.15) is 0 Å². The van der Waals surface area contributed by atoms with Gasteiger partial charge in [-0.3, -0.25) is 0 Å². The van der Waals surface area contributed by atoms with Crippen LogP contribution in [0.1, 0.15) is 69.8 Å². The summed E-state index contributed by atoms with van der Waals surface area (Å²) in [5, 5.41) is 3.57. The molecule has 2 nitrogen and oxygen atoms in total. The van der Waals surface area contributed by atoms with E-state index in [0.29, 0.717) is 6.61 Å². The van der Waals surface area contributed by atoms with E-state index in [1.807, 2.05) is 0 Å². The maximum atomic E-state index is 6.69.